The zero-order chi connectivity index (χ0) is 14.5. The van der Waals surface area contributed by atoms with Crippen LogP contribution >= 0.6 is 12.4 Å². The fourth-order valence-electron chi connectivity index (χ4n) is 1.98. The van der Waals surface area contributed by atoms with Gasteiger partial charge in [0.05, 0.1) is 5.41 Å². The van der Waals surface area contributed by atoms with Gasteiger partial charge in [-0.3, -0.25) is 4.79 Å². The summed E-state index contributed by atoms with van der Waals surface area (Å²) in [6.07, 6.45) is 0. The lowest BCUT2D eigenvalue weighted by molar-refractivity contribution is -0.125. The maximum Gasteiger partial charge on any atom is 0.230 e. The lowest BCUT2D eigenvalue weighted by atomic mass is 9.83. The minimum atomic E-state index is -0.878. The van der Waals surface area contributed by atoms with Gasteiger partial charge in [-0.05, 0) is 33.4 Å². The Labute approximate surface area is 126 Å². The molecule has 0 spiro atoms. The third-order valence-electron chi connectivity index (χ3n) is 3.24. The molecule has 0 unspecified atom stereocenters. The number of carbonyl (C=O) groups excluding carboxylic acids is 1. The first-order valence-electron chi connectivity index (χ1n) is 6.66. The Bertz CT molecular complexity index is 438. The molecule has 0 saturated carbocycles. The Morgan fingerprint density at radius 2 is 1.95 bits per heavy atom. The van der Waals surface area contributed by atoms with Gasteiger partial charge in [0.15, 0.2) is 0 Å². The average molecular weight is 303 g/mol. The molecule has 0 aliphatic carbocycles. The summed E-state index contributed by atoms with van der Waals surface area (Å²) in [7, 11) is 0. The van der Waals surface area contributed by atoms with E-state index in [0.29, 0.717) is 12.1 Å². The predicted molar refractivity (Wildman–Crippen MR) is 82.8 cm³/mol. The Balaban J connectivity index is 0.00000361. The molecule has 1 aromatic carbocycles. The molecule has 0 bridgehead atoms. The van der Waals surface area contributed by atoms with Crippen molar-refractivity contribution in [3.8, 4) is 0 Å². The average Bonchev–Trinajstić information content (AvgIpc) is 2.36. The molecule has 2 N–H and O–H groups in total. The van der Waals surface area contributed by atoms with Crippen LogP contribution in [0.2, 0.25) is 0 Å². The van der Waals surface area contributed by atoms with E-state index in [1.54, 1.807) is 32.0 Å². The Morgan fingerprint density at radius 3 is 2.50 bits per heavy atom. The lowest BCUT2D eigenvalue weighted by Gasteiger charge is -2.25. The number of likely N-dealkylation sites (N-methyl/N-ethyl adjacent to an activating group) is 1. The molecule has 1 atom stereocenters. The molecule has 20 heavy (non-hydrogen) atoms. The number of hydrogen-bond donors (Lipinski definition) is 2. The van der Waals surface area contributed by atoms with E-state index >= 15 is 0 Å². The number of nitrogens with one attached hydrogen (secondary N) is 2. The Kier molecular flexibility index (Phi) is 7.76. The number of benzene rings is 1. The fourth-order valence-corrected chi connectivity index (χ4v) is 1.98. The first kappa shape index (κ1) is 18.9. The highest BCUT2D eigenvalue weighted by Crippen LogP contribution is 2.25. The van der Waals surface area contributed by atoms with Gasteiger partial charge in [0, 0.05) is 18.2 Å². The molecule has 0 aliphatic rings. The van der Waals surface area contributed by atoms with Crippen LogP contribution < -0.4 is 10.6 Å². The first-order chi connectivity index (χ1) is 8.89. The standard InChI is InChI=1S/C15H23FN2O.ClH/c1-5-17-11(2)10-18-14(19)15(3,4)12-8-6-7-9-13(12)16;/h6-9,11,17H,5,10H2,1-4H3,(H,18,19);1H/t11-;/m1./s1. The van der Waals surface area contributed by atoms with Crippen molar-refractivity contribution in [2.24, 2.45) is 0 Å². The number of amides is 1. The minimum absolute atomic E-state index is 0. The van der Waals surface area contributed by atoms with E-state index in [9.17, 15) is 9.18 Å². The molecule has 0 fully saturated rings. The van der Waals surface area contributed by atoms with Gasteiger partial charge in [0.2, 0.25) is 5.91 Å². The van der Waals surface area contributed by atoms with E-state index in [1.807, 2.05) is 13.8 Å². The summed E-state index contributed by atoms with van der Waals surface area (Å²) in [6, 6.07) is 6.61. The van der Waals surface area contributed by atoms with E-state index in [2.05, 4.69) is 10.6 Å². The van der Waals surface area contributed by atoms with Crippen LogP contribution in [0.15, 0.2) is 24.3 Å². The summed E-state index contributed by atoms with van der Waals surface area (Å²) in [6.45, 7) is 8.87. The Hall–Kier alpha value is -1.13. The van der Waals surface area contributed by atoms with Crippen LogP contribution in [0.4, 0.5) is 4.39 Å². The third kappa shape index (κ3) is 4.76. The van der Waals surface area contributed by atoms with E-state index in [4.69, 9.17) is 0 Å². The number of halogens is 2. The van der Waals surface area contributed by atoms with Crippen molar-refractivity contribution >= 4 is 18.3 Å². The van der Waals surface area contributed by atoms with Crippen molar-refractivity contribution in [3.05, 3.63) is 35.6 Å². The van der Waals surface area contributed by atoms with E-state index in [1.165, 1.54) is 6.07 Å². The van der Waals surface area contributed by atoms with Crippen LogP contribution in [0, 0.1) is 5.82 Å². The summed E-state index contributed by atoms with van der Waals surface area (Å²) in [5.74, 6) is -0.510. The summed E-state index contributed by atoms with van der Waals surface area (Å²) in [4.78, 5) is 12.2. The molecule has 0 heterocycles. The van der Waals surface area contributed by atoms with Crippen LogP contribution in [0.3, 0.4) is 0 Å². The van der Waals surface area contributed by atoms with Gasteiger partial charge >= 0.3 is 0 Å². The highest BCUT2D eigenvalue weighted by molar-refractivity contribution is 5.87. The fraction of sp³-hybridized carbons (Fsp3) is 0.533. The van der Waals surface area contributed by atoms with Crippen LogP contribution in [0.25, 0.3) is 0 Å². The summed E-state index contributed by atoms with van der Waals surface area (Å²) >= 11 is 0. The molecule has 0 aromatic heterocycles. The molecule has 5 heteroatoms. The maximum absolute atomic E-state index is 13.8. The second-order valence-electron chi connectivity index (χ2n) is 5.27. The second kappa shape index (κ2) is 8.22. The second-order valence-corrected chi connectivity index (χ2v) is 5.27. The zero-order valence-corrected chi connectivity index (χ0v) is 13.3. The van der Waals surface area contributed by atoms with Crippen LogP contribution in [0.1, 0.15) is 33.3 Å². The van der Waals surface area contributed by atoms with Crippen LogP contribution in [-0.4, -0.2) is 25.0 Å². The Morgan fingerprint density at radius 1 is 1.35 bits per heavy atom. The lowest BCUT2D eigenvalue weighted by Crippen LogP contribution is -2.45. The van der Waals surface area contributed by atoms with Crippen molar-refractivity contribution in [3.63, 3.8) is 0 Å². The van der Waals surface area contributed by atoms with E-state index in [-0.39, 0.29) is 30.2 Å². The topological polar surface area (TPSA) is 41.1 Å². The molecule has 1 rings (SSSR count). The van der Waals surface area contributed by atoms with Crippen molar-refractivity contribution in [2.45, 2.75) is 39.2 Å². The normalized spacial score (nSPS) is 12.4. The van der Waals surface area contributed by atoms with Crippen molar-refractivity contribution < 1.29 is 9.18 Å². The van der Waals surface area contributed by atoms with Crippen LogP contribution in [0.5, 0.6) is 0 Å². The van der Waals surface area contributed by atoms with Crippen molar-refractivity contribution in [2.75, 3.05) is 13.1 Å². The summed E-state index contributed by atoms with van der Waals surface area (Å²) in [5.41, 5.74) is -0.458. The van der Waals surface area contributed by atoms with Gasteiger partial charge in [-0.2, -0.15) is 0 Å². The van der Waals surface area contributed by atoms with Gasteiger partial charge in [-0.15, -0.1) is 12.4 Å². The third-order valence-corrected chi connectivity index (χ3v) is 3.24. The highest BCUT2D eigenvalue weighted by atomic mass is 35.5. The van der Waals surface area contributed by atoms with Gasteiger partial charge in [-0.25, -0.2) is 4.39 Å². The van der Waals surface area contributed by atoms with Crippen LogP contribution in [-0.2, 0) is 10.2 Å². The molecule has 1 aromatic rings. The van der Waals surface area contributed by atoms with Gasteiger partial charge in [-0.1, -0.05) is 25.1 Å². The molecule has 0 radical (unpaired) electrons. The molecule has 0 aliphatic heterocycles. The highest BCUT2D eigenvalue weighted by Gasteiger charge is 2.32. The largest absolute Gasteiger partial charge is 0.354 e. The van der Waals surface area contributed by atoms with Gasteiger partial charge in [0.1, 0.15) is 5.82 Å². The van der Waals surface area contributed by atoms with Crippen molar-refractivity contribution in [1.29, 1.82) is 0 Å². The SMILES string of the molecule is CCN[C@H](C)CNC(=O)C(C)(C)c1ccccc1F.Cl. The van der Waals surface area contributed by atoms with Gasteiger partial charge in [0.25, 0.3) is 0 Å². The smallest absolute Gasteiger partial charge is 0.230 e. The molecule has 1 amide bonds. The maximum atomic E-state index is 13.8. The molecular formula is C15H24ClFN2O. The summed E-state index contributed by atoms with van der Waals surface area (Å²) < 4.78 is 13.8. The number of hydrogen-bond acceptors (Lipinski definition) is 2. The number of rotatable bonds is 6. The zero-order valence-electron chi connectivity index (χ0n) is 12.5. The molecular weight excluding hydrogens is 279 g/mol. The van der Waals surface area contributed by atoms with Gasteiger partial charge < -0.3 is 10.6 Å². The van der Waals surface area contributed by atoms with E-state index < -0.39 is 5.41 Å². The molecule has 3 nitrogen and oxygen atoms in total. The van der Waals surface area contributed by atoms with E-state index in [0.717, 1.165) is 6.54 Å². The molecule has 114 valence electrons. The number of carbonyl (C=O) groups is 1. The van der Waals surface area contributed by atoms with Crippen molar-refractivity contribution in [1.82, 2.24) is 10.6 Å². The quantitative estimate of drug-likeness (QED) is 0.848. The first-order valence-corrected chi connectivity index (χ1v) is 6.66. The monoisotopic (exact) mass is 302 g/mol. The summed E-state index contributed by atoms with van der Waals surface area (Å²) in [5, 5.41) is 6.08. The minimum Gasteiger partial charge on any atom is -0.354 e. The molecule has 0 saturated heterocycles. The predicted octanol–water partition coefficient (Wildman–Crippen LogP) is 2.64.